The van der Waals surface area contributed by atoms with Gasteiger partial charge in [-0.25, -0.2) is 0 Å². The first-order valence-corrected chi connectivity index (χ1v) is 3.04. The molecule has 0 saturated carbocycles. The van der Waals surface area contributed by atoms with Gasteiger partial charge in [-0.3, -0.25) is 0 Å². The molecule has 0 spiro atoms. The first kappa shape index (κ1) is 7.47. The highest BCUT2D eigenvalue weighted by molar-refractivity contribution is 5.83. The fraction of sp³-hybridized carbons (Fsp3) is 0.833. The summed E-state index contributed by atoms with van der Waals surface area (Å²) in [5.41, 5.74) is 0.896. The Kier molecular flexibility index (Phi) is 4.32. The molecule has 2 heteroatoms. The highest BCUT2D eigenvalue weighted by atomic mass is 16.4. The Morgan fingerprint density at radius 1 is 1.50 bits per heavy atom. The van der Waals surface area contributed by atoms with Crippen molar-refractivity contribution in [1.29, 1.82) is 0 Å². The molecule has 0 aliphatic heterocycles. The van der Waals surface area contributed by atoms with Crippen molar-refractivity contribution in [3.63, 3.8) is 0 Å². The molecule has 48 valence electrons. The second kappa shape index (κ2) is 4.62. The van der Waals surface area contributed by atoms with Crippen molar-refractivity contribution in [2.24, 2.45) is 5.16 Å². The van der Waals surface area contributed by atoms with E-state index < -0.39 is 0 Å². The minimum absolute atomic E-state index is 0.865. The molecule has 0 rings (SSSR count). The van der Waals surface area contributed by atoms with Crippen molar-refractivity contribution >= 4 is 5.71 Å². The minimum atomic E-state index is 0.865. The summed E-state index contributed by atoms with van der Waals surface area (Å²) >= 11 is 0. The van der Waals surface area contributed by atoms with Gasteiger partial charge in [0.05, 0.1) is 5.71 Å². The van der Waals surface area contributed by atoms with Gasteiger partial charge in [-0.15, -0.1) is 0 Å². The van der Waals surface area contributed by atoms with Gasteiger partial charge < -0.3 is 5.21 Å². The second-order valence-electron chi connectivity index (χ2n) is 1.77. The zero-order valence-corrected chi connectivity index (χ0v) is 5.52. The average Bonchev–Trinajstić information content (AvgIpc) is 1.83. The average molecular weight is 115 g/mol. The highest BCUT2D eigenvalue weighted by Crippen LogP contribution is 1.94. The third-order valence-corrected chi connectivity index (χ3v) is 1.09. The molecule has 0 radical (unpaired) electrons. The summed E-state index contributed by atoms with van der Waals surface area (Å²) < 4.78 is 0. The predicted molar refractivity (Wildman–Crippen MR) is 34.4 cm³/mol. The van der Waals surface area contributed by atoms with Gasteiger partial charge in [-0.05, 0) is 12.8 Å². The van der Waals surface area contributed by atoms with Gasteiger partial charge in [0, 0.05) is 0 Å². The molecule has 0 atom stereocenters. The van der Waals surface area contributed by atoms with E-state index in [2.05, 4.69) is 12.1 Å². The van der Waals surface area contributed by atoms with E-state index in [9.17, 15) is 0 Å². The summed E-state index contributed by atoms with van der Waals surface area (Å²) in [6.45, 7) is 4.06. The van der Waals surface area contributed by atoms with E-state index in [1.807, 2.05) is 6.92 Å². The van der Waals surface area contributed by atoms with Crippen LogP contribution in [0.3, 0.4) is 0 Å². The summed E-state index contributed by atoms with van der Waals surface area (Å²) in [7, 11) is 0. The van der Waals surface area contributed by atoms with Crippen LogP contribution in [0.4, 0.5) is 0 Å². The maximum Gasteiger partial charge on any atom is 0.0568 e. The molecule has 8 heavy (non-hydrogen) atoms. The maximum absolute atomic E-state index is 8.25. The van der Waals surface area contributed by atoms with Crippen molar-refractivity contribution in [2.75, 3.05) is 0 Å². The summed E-state index contributed by atoms with van der Waals surface area (Å²) in [6, 6.07) is 0. The SMILES string of the molecule is CCC/C(CC)=N/O. The van der Waals surface area contributed by atoms with Gasteiger partial charge >= 0.3 is 0 Å². The van der Waals surface area contributed by atoms with Gasteiger partial charge in [-0.1, -0.05) is 25.4 Å². The molecule has 0 aromatic heterocycles. The number of hydrogen-bond donors (Lipinski definition) is 1. The normalized spacial score (nSPS) is 12.0. The fourth-order valence-electron chi connectivity index (χ4n) is 0.586. The zero-order valence-electron chi connectivity index (χ0n) is 5.52. The van der Waals surface area contributed by atoms with E-state index in [1.165, 1.54) is 0 Å². The Labute approximate surface area is 50.2 Å². The quantitative estimate of drug-likeness (QED) is 0.340. The molecule has 1 N–H and O–H groups in total. The van der Waals surface area contributed by atoms with Gasteiger partial charge in [0.1, 0.15) is 0 Å². The van der Waals surface area contributed by atoms with Gasteiger partial charge in [0.15, 0.2) is 0 Å². The number of nitrogens with zero attached hydrogens (tertiary/aromatic N) is 1. The van der Waals surface area contributed by atoms with E-state index in [4.69, 9.17) is 5.21 Å². The molecular weight excluding hydrogens is 102 g/mol. The standard InChI is InChI=1S/C6H13NO/c1-3-5-6(4-2)7-8/h8H,3-5H2,1-2H3/b7-6+. The van der Waals surface area contributed by atoms with Crippen LogP contribution in [0.2, 0.25) is 0 Å². The minimum Gasteiger partial charge on any atom is -0.411 e. The monoisotopic (exact) mass is 115 g/mol. The lowest BCUT2D eigenvalue weighted by atomic mass is 10.2. The first-order valence-electron chi connectivity index (χ1n) is 3.04. The van der Waals surface area contributed by atoms with E-state index in [0.29, 0.717) is 0 Å². The van der Waals surface area contributed by atoms with Gasteiger partial charge in [0.2, 0.25) is 0 Å². The van der Waals surface area contributed by atoms with Crippen molar-refractivity contribution < 1.29 is 5.21 Å². The zero-order chi connectivity index (χ0) is 6.41. The van der Waals surface area contributed by atoms with E-state index >= 15 is 0 Å². The molecule has 0 heterocycles. The Bertz CT molecular complexity index is 78.6. The summed E-state index contributed by atoms with van der Waals surface area (Å²) in [5, 5.41) is 11.4. The molecule has 0 bridgehead atoms. The summed E-state index contributed by atoms with van der Waals surface area (Å²) in [4.78, 5) is 0. The van der Waals surface area contributed by atoms with E-state index in [1.54, 1.807) is 0 Å². The lowest BCUT2D eigenvalue weighted by Crippen LogP contribution is -1.93. The van der Waals surface area contributed by atoms with Crippen LogP contribution in [0.15, 0.2) is 5.16 Å². The van der Waals surface area contributed by atoms with Crippen LogP contribution in [0.5, 0.6) is 0 Å². The van der Waals surface area contributed by atoms with Crippen molar-refractivity contribution in [1.82, 2.24) is 0 Å². The first-order chi connectivity index (χ1) is 3.85. The number of rotatable bonds is 3. The predicted octanol–water partition coefficient (Wildman–Crippen LogP) is 2.03. The van der Waals surface area contributed by atoms with Gasteiger partial charge in [0.25, 0.3) is 0 Å². The third kappa shape index (κ3) is 2.61. The fourth-order valence-corrected chi connectivity index (χ4v) is 0.586. The topological polar surface area (TPSA) is 32.6 Å². The van der Waals surface area contributed by atoms with Crippen LogP contribution in [-0.4, -0.2) is 10.9 Å². The lowest BCUT2D eigenvalue weighted by Gasteiger charge is -1.93. The van der Waals surface area contributed by atoms with Crippen molar-refractivity contribution in [3.05, 3.63) is 0 Å². The largest absolute Gasteiger partial charge is 0.411 e. The molecule has 2 nitrogen and oxygen atoms in total. The van der Waals surface area contributed by atoms with Crippen LogP contribution < -0.4 is 0 Å². The summed E-state index contributed by atoms with van der Waals surface area (Å²) in [6.07, 6.45) is 2.85. The molecule has 0 amide bonds. The van der Waals surface area contributed by atoms with Crippen LogP contribution >= 0.6 is 0 Å². The maximum atomic E-state index is 8.25. The molecule has 0 aromatic carbocycles. The van der Waals surface area contributed by atoms with E-state index in [-0.39, 0.29) is 0 Å². The third-order valence-electron chi connectivity index (χ3n) is 1.09. The van der Waals surface area contributed by atoms with Crippen molar-refractivity contribution in [3.8, 4) is 0 Å². The highest BCUT2D eigenvalue weighted by Gasteiger charge is 1.91. The summed E-state index contributed by atoms with van der Waals surface area (Å²) in [5.74, 6) is 0. The van der Waals surface area contributed by atoms with Gasteiger partial charge in [-0.2, -0.15) is 0 Å². The Hall–Kier alpha value is -0.530. The molecule has 0 fully saturated rings. The molecular formula is C6H13NO. The van der Waals surface area contributed by atoms with Crippen LogP contribution in [0.1, 0.15) is 33.1 Å². The Morgan fingerprint density at radius 2 is 2.12 bits per heavy atom. The van der Waals surface area contributed by atoms with E-state index in [0.717, 1.165) is 25.0 Å². The Balaban J connectivity index is 3.38. The van der Waals surface area contributed by atoms with Crippen LogP contribution in [0.25, 0.3) is 0 Å². The number of hydrogen-bond acceptors (Lipinski definition) is 2. The Morgan fingerprint density at radius 3 is 2.25 bits per heavy atom. The van der Waals surface area contributed by atoms with Crippen molar-refractivity contribution in [2.45, 2.75) is 33.1 Å². The smallest absolute Gasteiger partial charge is 0.0568 e. The number of oxime groups is 1. The second-order valence-corrected chi connectivity index (χ2v) is 1.77. The van der Waals surface area contributed by atoms with Crippen LogP contribution in [0, 0.1) is 0 Å². The molecule has 0 aromatic rings. The van der Waals surface area contributed by atoms with Crippen LogP contribution in [-0.2, 0) is 0 Å². The molecule has 0 aliphatic rings. The lowest BCUT2D eigenvalue weighted by molar-refractivity contribution is 0.316. The molecule has 0 unspecified atom stereocenters. The molecule has 0 aliphatic carbocycles. The molecule has 0 saturated heterocycles.